The molecule has 8 nitrogen and oxygen atoms in total. The Morgan fingerprint density at radius 1 is 0.675 bits per heavy atom. The Kier molecular flexibility index (Phi) is 7.50. The van der Waals surface area contributed by atoms with Crippen molar-refractivity contribution in [3.05, 3.63) is 130 Å². The van der Waals surface area contributed by atoms with E-state index in [0.29, 0.717) is 0 Å². The number of fused-ring (bicyclic) bond motifs is 2. The fraction of sp³-hybridized carbons (Fsp3) is 0.0625. The Morgan fingerprint density at radius 3 is 1.65 bits per heavy atom. The van der Waals surface area contributed by atoms with Crippen LogP contribution in [0.4, 0.5) is 11.4 Å². The van der Waals surface area contributed by atoms with Gasteiger partial charge in [-0.05, 0) is 47.5 Å². The molecule has 0 saturated carbocycles. The molecule has 198 valence electrons. The van der Waals surface area contributed by atoms with Gasteiger partial charge in [0.15, 0.2) is 0 Å². The lowest BCUT2D eigenvalue weighted by Crippen LogP contribution is -1.91. The number of aryl methyl sites for hydroxylation is 2. The van der Waals surface area contributed by atoms with E-state index in [1.54, 1.807) is 23.9 Å². The van der Waals surface area contributed by atoms with Crippen molar-refractivity contribution < 1.29 is 4.92 Å². The molecule has 2 N–H and O–H groups in total. The molecule has 0 aliphatic heterocycles. The Morgan fingerprint density at radius 2 is 1.15 bits per heavy atom. The Labute approximate surface area is 231 Å². The van der Waals surface area contributed by atoms with Gasteiger partial charge in [-0.1, -0.05) is 72.8 Å². The van der Waals surface area contributed by atoms with E-state index in [1.165, 1.54) is 6.07 Å². The van der Waals surface area contributed by atoms with Crippen LogP contribution in [0.1, 0.15) is 22.5 Å². The summed E-state index contributed by atoms with van der Waals surface area (Å²) in [7, 11) is 3.72. The molecule has 4 aromatic carbocycles. The van der Waals surface area contributed by atoms with E-state index >= 15 is 0 Å². The van der Waals surface area contributed by atoms with E-state index in [0.717, 1.165) is 50.0 Å². The zero-order chi connectivity index (χ0) is 28.1. The van der Waals surface area contributed by atoms with Crippen molar-refractivity contribution in [1.29, 1.82) is 0 Å². The summed E-state index contributed by atoms with van der Waals surface area (Å²) in [6.45, 7) is 0. The van der Waals surface area contributed by atoms with Gasteiger partial charge in [0.25, 0.3) is 5.69 Å². The van der Waals surface area contributed by atoms with Crippen LogP contribution in [-0.2, 0) is 14.1 Å². The third kappa shape index (κ3) is 5.81. The molecule has 0 radical (unpaired) electrons. The van der Waals surface area contributed by atoms with Crippen molar-refractivity contribution in [3.63, 3.8) is 0 Å². The van der Waals surface area contributed by atoms with Gasteiger partial charge in [0.2, 0.25) is 0 Å². The molecule has 6 aromatic rings. The van der Waals surface area contributed by atoms with Gasteiger partial charge < -0.3 is 5.73 Å². The van der Waals surface area contributed by atoms with Gasteiger partial charge in [-0.25, -0.2) is 0 Å². The lowest BCUT2D eigenvalue weighted by atomic mass is 10.1. The van der Waals surface area contributed by atoms with Crippen LogP contribution in [0.3, 0.4) is 0 Å². The molecule has 0 amide bonds. The van der Waals surface area contributed by atoms with Crippen LogP contribution in [0, 0.1) is 10.1 Å². The number of anilines is 1. The summed E-state index contributed by atoms with van der Waals surface area (Å²) in [5.41, 5.74) is 12.4. The first-order chi connectivity index (χ1) is 19.4. The quantitative estimate of drug-likeness (QED) is 0.148. The number of nitrogen functional groups attached to an aromatic ring is 1. The molecule has 0 saturated heterocycles. The molecule has 0 aliphatic carbocycles. The standard InChI is InChI=1S/C16H13N3O2.C16H15N3/c1-18-16-11-13(19(20)21)8-9-14(16)15(17-18)10-7-12-5-3-2-4-6-12;1-19-16-11-13(17)8-9-14(16)15(18-19)10-7-12-5-3-2-4-6-12/h2-11H,1H3;2-11H,17H2,1H3/b2*10-7+. The SMILES string of the molecule is Cn1nc(/C=C/c2ccccc2)c2ccc(N)cc21.Cn1nc(/C=C/c2ccccc2)c2ccc([N+](=O)[O-])cc21. The van der Waals surface area contributed by atoms with Crippen LogP contribution < -0.4 is 5.73 Å². The van der Waals surface area contributed by atoms with Gasteiger partial charge in [-0.15, -0.1) is 0 Å². The van der Waals surface area contributed by atoms with Gasteiger partial charge in [0.05, 0.1) is 27.3 Å². The second-order valence-electron chi connectivity index (χ2n) is 9.24. The van der Waals surface area contributed by atoms with Crippen LogP contribution >= 0.6 is 0 Å². The summed E-state index contributed by atoms with van der Waals surface area (Å²) in [5.74, 6) is 0. The van der Waals surface area contributed by atoms with Crippen LogP contribution in [0.2, 0.25) is 0 Å². The number of hydrogen-bond acceptors (Lipinski definition) is 5. The van der Waals surface area contributed by atoms with E-state index in [2.05, 4.69) is 28.4 Å². The third-order valence-corrected chi connectivity index (χ3v) is 6.45. The molecule has 40 heavy (non-hydrogen) atoms. The average Bonchev–Trinajstić information content (AvgIpc) is 3.47. The molecule has 0 aliphatic rings. The number of benzene rings is 4. The van der Waals surface area contributed by atoms with Crippen LogP contribution in [0.5, 0.6) is 0 Å². The predicted molar refractivity (Wildman–Crippen MR) is 163 cm³/mol. The van der Waals surface area contributed by atoms with Crippen molar-refractivity contribution in [1.82, 2.24) is 19.6 Å². The monoisotopic (exact) mass is 528 g/mol. The normalized spacial score (nSPS) is 11.3. The van der Waals surface area contributed by atoms with E-state index in [-0.39, 0.29) is 5.69 Å². The minimum absolute atomic E-state index is 0.0732. The number of nitro groups is 1. The fourth-order valence-electron chi connectivity index (χ4n) is 4.41. The summed E-state index contributed by atoms with van der Waals surface area (Å²) in [6, 6.07) is 30.8. The lowest BCUT2D eigenvalue weighted by molar-refractivity contribution is -0.384. The first kappa shape index (κ1) is 26.1. The largest absolute Gasteiger partial charge is 0.399 e. The number of hydrogen-bond donors (Lipinski definition) is 1. The molecule has 6 rings (SSSR count). The Balaban J connectivity index is 0.000000162. The summed E-state index contributed by atoms with van der Waals surface area (Å²) >= 11 is 0. The summed E-state index contributed by atoms with van der Waals surface area (Å²) in [6.07, 6.45) is 8.00. The maximum Gasteiger partial charge on any atom is 0.271 e. The maximum absolute atomic E-state index is 10.8. The van der Waals surface area contributed by atoms with Crippen molar-refractivity contribution in [2.24, 2.45) is 14.1 Å². The van der Waals surface area contributed by atoms with E-state index in [1.807, 2.05) is 96.7 Å². The zero-order valence-corrected chi connectivity index (χ0v) is 22.2. The van der Waals surface area contributed by atoms with Crippen molar-refractivity contribution in [2.75, 3.05) is 5.73 Å². The fourth-order valence-corrected chi connectivity index (χ4v) is 4.41. The Bertz CT molecular complexity index is 1850. The third-order valence-electron chi connectivity index (χ3n) is 6.45. The molecule has 0 atom stereocenters. The first-order valence-electron chi connectivity index (χ1n) is 12.7. The highest BCUT2D eigenvalue weighted by Gasteiger charge is 2.12. The maximum atomic E-state index is 10.8. The summed E-state index contributed by atoms with van der Waals surface area (Å²) in [5, 5.41) is 21.8. The topological polar surface area (TPSA) is 105 Å². The van der Waals surface area contributed by atoms with Gasteiger partial charge in [0, 0.05) is 42.7 Å². The lowest BCUT2D eigenvalue weighted by Gasteiger charge is -1.95. The molecule has 0 bridgehead atoms. The molecule has 2 aromatic heterocycles. The first-order valence-corrected chi connectivity index (χ1v) is 12.7. The van der Waals surface area contributed by atoms with Crippen molar-refractivity contribution in [2.45, 2.75) is 0 Å². The van der Waals surface area contributed by atoms with Crippen LogP contribution in [0.25, 0.3) is 46.1 Å². The summed E-state index contributed by atoms with van der Waals surface area (Å²) in [4.78, 5) is 10.4. The second kappa shape index (κ2) is 11.5. The van der Waals surface area contributed by atoms with Gasteiger partial charge in [0.1, 0.15) is 0 Å². The minimum Gasteiger partial charge on any atom is -0.399 e. The molecular formula is C32H28N6O2. The molecule has 2 heterocycles. The minimum atomic E-state index is -0.397. The zero-order valence-electron chi connectivity index (χ0n) is 22.2. The molecule has 8 heteroatoms. The average molecular weight is 529 g/mol. The number of aromatic nitrogens is 4. The van der Waals surface area contributed by atoms with E-state index < -0.39 is 4.92 Å². The van der Waals surface area contributed by atoms with E-state index in [9.17, 15) is 10.1 Å². The summed E-state index contributed by atoms with van der Waals surface area (Å²) < 4.78 is 3.52. The highest BCUT2D eigenvalue weighted by molar-refractivity contribution is 5.92. The molecular weight excluding hydrogens is 500 g/mol. The van der Waals surface area contributed by atoms with Gasteiger partial charge in [-0.2, -0.15) is 10.2 Å². The van der Waals surface area contributed by atoms with E-state index in [4.69, 9.17) is 5.73 Å². The smallest absolute Gasteiger partial charge is 0.271 e. The highest BCUT2D eigenvalue weighted by Crippen LogP contribution is 2.25. The van der Waals surface area contributed by atoms with Gasteiger partial charge in [-0.3, -0.25) is 19.5 Å². The number of non-ortho nitro benzene ring substituents is 1. The molecule has 0 unspecified atom stereocenters. The highest BCUT2D eigenvalue weighted by atomic mass is 16.6. The van der Waals surface area contributed by atoms with Crippen molar-refractivity contribution >= 4 is 57.5 Å². The Hall–Kier alpha value is -5.50. The number of nitrogens with two attached hydrogens (primary N) is 1. The van der Waals surface area contributed by atoms with Crippen LogP contribution in [-0.4, -0.2) is 24.5 Å². The predicted octanol–water partition coefficient (Wildman–Crippen LogP) is 6.98. The molecule has 0 spiro atoms. The second-order valence-corrected chi connectivity index (χ2v) is 9.24. The van der Waals surface area contributed by atoms with Crippen molar-refractivity contribution in [3.8, 4) is 0 Å². The number of rotatable bonds is 5. The number of nitro benzene ring substituents is 1. The molecule has 0 fully saturated rings. The number of nitrogens with zero attached hydrogens (tertiary/aromatic N) is 5. The van der Waals surface area contributed by atoms with Gasteiger partial charge >= 0.3 is 0 Å². The van der Waals surface area contributed by atoms with Crippen LogP contribution in [0.15, 0.2) is 97.1 Å².